The molecule has 0 unspecified atom stereocenters. The van der Waals surface area contributed by atoms with Crippen LogP contribution in [0, 0.1) is 12.8 Å². The van der Waals surface area contributed by atoms with Gasteiger partial charge in [-0.1, -0.05) is 38.1 Å². The van der Waals surface area contributed by atoms with Crippen molar-refractivity contribution in [1.29, 1.82) is 0 Å². The summed E-state index contributed by atoms with van der Waals surface area (Å²) in [6, 6.07) is 14.3. The number of hydrogen-bond donors (Lipinski definition) is 2. The average Bonchev–Trinajstić information content (AvgIpc) is 3.01. The molecule has 3 rings (SSSR count). The van der Waals surface area contributed by atoms with Gasteiger partial charge in [-0.05, 0) is 48.3 Å². The Morgan fingerprint density at radius 3 is 2.58 bits per heavy atom. The first kappa shape index (κ1) is 16.6. The van der Waals surface area contributed by atoms with Crippen LogP contribution < -0.4 is 20.1 Å². The van der Waals surface area contributed by atoms with Crippen molar-refractivity contribution in [2.24, 2.45) is 5.92 Å². The van der Waals surface area contributed by atoms with Gasteiger partial charge < -0.3 is 20.1 Å². The van der Waals surface area contributed by atoms with Gasteiger partial charge in [0.15, 0.2) is 16.6 Å². The van der Waals surface area contributed by atoms with Gasteiger partial charge in [-0.3, -0.25) is 0 Å². The van der Waals surface area contributed by atoms with Crippen molar-refractivity contribution >= 4 is 23.0 Å². The standard InChI is InChI=1S/C19H22N2O2S/c1-12(2)18(15-7-5-4-6-13(15)3)21-19(24)20-14-8-9-16-17(10-14)23-11-22-16/h4-10,12,18H,11H2,1-3H3,(H2,20,21,24)/t18-/m1/s1. The Labute approximate surface area is 148 Å². The summed E-state index contributed by atoms with van der Waals surface area (Å²) in [5.74, 6) is 1.91. The molecule has 24 heavy (non-hydrogen) atoms. The van der Waals surface area contributed by atoms with Crippen LogP contribution in [0.2, 0.25) is 0 Å². The van der Waals surface area contributed by atoms with E-state index in [2.05, 4.69) is 55.7 Å². The minimum absolute atomic E-state index is 0.153. The molecule has 1 aliphatic rings. The number of ether oxygens (including phenoxy) is 2. The Morgan fingerprint density at radius 2 is 1.83 bits per heavy atom. The molecule has 2 aromatic carbocycles. The van der Waals surface area contributed by atoms with Gasteiger partial charge >= 0.3 is 0 Å². The Kier molecular flexibility index (Phi) is 4.90. The summed E-state index contributed by atoms with van der Waals surface area (Å²) in [6.45, 7) is 6.77. The molecule has 1 atom stereocenters. The van der Waals surface area contributed by atoms with Crippen molar-refractivity contribution in [3.63, 3.8) is 0 Å². The molecule has 2 N–H and O–H groups in total. The zero-order valence-electron chi connectivity index (χ0n) is 14.1. The van der Waals surface area contributed by atoms with Crippen molar-refractivity contribution in [3.8, 4) is 11.5 Å². The van der Waals surface area contributed by atoms with Crippen molar-refractivity contribution in [1.82, 2.24) is 5.32 Å². The number of benzene rings is 2. The van der Waals surface area contributed by atoms with Gasteiger partial charge in [0.1, 0.15) is 0 Å². The third kappa shape index (κ3) is 3.62. The summed E-state index contributed by atoms with van der Waals surface area (Å²) in [5.41, 5.74) is 3.40. The van der Waals surface area contributed by atoms with Gasteiger partial charge in [-0.2, -0.15) is 0 Å². The fourth-order valence-electron chi connectivity index (χ4n) is 2.82. The lowest BCUT2D eigenvalue weighted by Crippen LogP contribution is -2.35. The van der Waals surface area contributed by atoms with Gasteiger partial charge in [0.25, 0.3) is 0 Å². The first-order valence-corrected chi connectivity index (χ1v) is 8.48. The maximum atomic E-state index is 5.51. The predicted molar refractivity (Wildman–Crippen MR) is 101 cm³/mol. The van der Waals surface area contributed by atoms with E-state index in [1.807, 2.05) is 18.2 Å². The van der Waals surface area contributed by atoms with Crippen LogP contribution in [0.3, 0.4) is 0 Å². The smallest absolute Gasteiger partial charge is 0.231 e. The Hall–Kier alpha value is -2.27. The highest BCUT2D eigenvalue weighted by molar-refractivity contribution is 7.80. The van der Waals surface area contributed by atoms with Crippen molar-refractivity contribution in [2.75, 3.05) is 12.1 Å². The lowest BCUT2D eigenvalue weighted by Gasteiger charge is -2.26. The summed E-state index contributed by atoms with van der Waals surface area (Å²) in [4.78, 5) is 0. The fourth-order valence-corrected chi connectivity index (χ4v) is 3.07. The molecule has 1 heterocycles. The van der Waals surface area contributed by atoms with Crippen molar-refractivity contribution in [2.45, 2.75) is 26.8 Å². The van der Waals surface area contributed by atoms with E-state index in [-0.39, 0.29) is 12.8 Å². The molecular formula is C19H22N2O2S. The van der Waals surface area contributed by atoms with Gasteiger partial charge in [0.05, 0.1) is 6.04 Å². The number of fused-ring (bicyclic) bond motifs is 1. The number of aryl methyl sites for hydroxylation is 1. The molecular weight excluding hydrogens is 320 g/mol. The van der Waals surface area contributed by atoms with Gasteiger partial charge in [-0.25, -0.2) is 0 Å². The maximum absolute atomic E-state index is 5.51. The van der Waals surface area contributed by atoms with Crippen LogP contribution in [0.5, 0.6) is 11.5 Å². The average molecular weight is 342 g/mol. The van der Waals surface area contributed by atoms with E-state index in [9.17, 15) is 0 Å². The molecule has 126 valence electrons. The third-order valence-electron chi connectivity index (χ3n) is 4.11. The summed E-state index contributed by atoms with van der Waals surface area (Å²) in [7, 11) is 0. The molecule has 0 amide bonds. The van der Waals surface area contributed by atoms with E-state index < -0.39 is 0 Å². The SMILES string of the molecule is Cc1ccccc1[C@H](NC(=S)Nc1ccc2c(c1)OCO2)C(C)C. The van der Waals surface area contributed by atoms with E-state index in [0.29, 0.717) is 11.0 Å². The number of thiocarbonyl (C=S) groups is 1. The maximum Gasteiger partial charge on any atom is 0.231 e. The fraction of sp³-hybridized carbons (Fsp3) is 0.316. The van der Waals surface area contributed by atoms with Gasteiger partial charge in [-0.15, -0.1) is 0 Å². The molecule has 5 heteroatoms. The largest absolute Gasteiger partial charge is 0.454 e. The molecule has 0 aliphatic carbocycles. The van der Waals surface area contributed by atoms with Crippen LogP contribution in [0.15, 0.2) is 42.5 Å². The Morgan fingerprint density at radius 1 is 1.08 bits per heavy atom. The second-order valence-corrected chi connectivity index (χ2v) is 6.65. The molecule has 0 aromatic heterocycles. The normalized spacial score (nSPS) is 13.7. The Balaban J connectivity index is 1.71. The highest BCUT2D eigenvalue weighted by Gasteiger charge is 2.19. The van der Waals surface area contributed by atoms with Crippen molar-refractivity contribution < 1.29 is 9.47 Å². The first-order chi connectivity index (χ1) is 11.5. The van der Waals surface area contributed by atoms with E-state index in [1.54, 1.807) is 0 Å². The van der Waals surface area contributed by atoms with Crippen LogP contribution in [-0.2, 0) is 0 Å². The van der Waals surface area contributed by atoms with Crippen molar-refractivity contribution in [3.05, 3.63) is 53.6 Å². The van der Waals surface area contributed by atoms with Gasteiger partial charge in [0, 0.05) is 11.8 Å². The highest BCUT2D eigenvalue weighted by Crippen LogP contribution is 2.34. The zero-order chi connectivity index (χ0) is 17.1. The van der Waals surface area contributed by atoms with Crippen LogP contribution in [0.25, 0.3) is 0 Å². The van der Waals surface area contributed by atoms with Crippen LogP contribution in [-0.4, -0.2) is 11.9 Å². The van der Waals surface area contributed by atoms with E-state index in [4.69, 9.17) is 21.7 Å². The number of nitrogens with one attached hydrogen (secondary N) is 2. The monoisotopic (exact) mass is 342 g/mol. The molecule has 1 aliphatic heterocycles. The molecule has 0 radical (unpaired) electrons. The Bertz CT molecular complexity index is 746. The summed E-state index contributed by atoms with van der Waals surface area (Å²) >= 11 is 5.51. The molecule has 4 nitrogen and oxygen atoms in total. The topological polar surface area (TPSA) is 42.5 Å². The molecule has 0 bridgehead atoms. The zero-order valence-corrected chi connectivity index (χ0v) is 14.9. The number of anilines is 1. The second kappa shape index (κ2) is 7.09. The lowest BCUT2D eigenvalue weighted by molar-refractivity contribution is 0.174. The van der Waals surface area contributed by atoms with E-state index in [0.717, 1.165) is 17.2 Å². The van der Waals surface area contributed by atoms with E-state index >= 15 is 0 Å². The second-order valence-electron chi connectivity index (χ2n) is 6.24. The molecule has 0 fully saturated rings. The first-order valence-electron chi connectivity index (χ1n) is 8.07. The third-order valence-corrected chi connectivity index (χ3v) is 4.33. The quantitative estimate of drug-likeness (QED) is 0.806. The molecule has 0 spiro atoms. The molecule has 0 saturated heterocycles. The minimum atomic E-state index is 0.153. The highest BCUT2D eigenvalue weighted by atomic mass is 32.1. The predicted octanol–water partition coefficient (Wildman–Crippen LogP) is 4.41. The molecule has 2 aromatic rings. The summed E-state index contributed by atoms with van der Waals surface area (Å²) in [5, 5.41) is 7.26. The lowest BCUT2D eigenvalue weighted by atomic mass is 9.93. The van der Waals surface area contributed by atoms with Crippen LogP contribution in [0.1, 0.15) is 31.0 Å². The summed E-state index contributed by atoms with van der Waals surface area (Å²) < 4.78 is 10.7. The molecule has 0 saturated carbocycles. The number of rotatable bonds is 4. The number of hydrogen-bond acceptors (Lipinski definition) is 3. The summed E-state index contributed by atoms with van der Waals surface area (Å²) in [6.07, 6.45) is 0. The van der Waals surface area contributed by atoms with E-state index in [1.165, 1.54) is 11.1 Å². The van der Waals surface area contributed by atoms with Crippen LogP contribution >= 0.6 is 12.2 Å². The minimum Gasteiger partial charge on any atom is -0.454 e. The van der Waals surface area contributed by atoms with Gasteiger partial charge in [0.2, 0.25) is 6.79 Å². The van der Waals surface area contributed by atoms with Crippen LogP contribution in [0.4, 0.5) is 5.69 Å².